The van der Waals surface area contributed by atoms with E-state index in [0.717, 1.165) is 9.13 Å². The van der Waals surface area contributed by atoms with Gasteiger partial charge in [0.05, 0.1) is 15.8 Å². The largest absolute Gasteiger partial charge is 0.383 e. The van der Waals surface area contributed by atoms with E-state index in [0.29, 0.717) is 0 Å². The number of hydrogen-bond donors (Lipinski definition) is 2. The third-order valence-corrected chi connectivity index (χ3v) is 6.09. The van der Waals surface area contributed by atoms with Crippen LogP contribution < -0.4 is 21.7 Å². The number of amides is 1. The van der Waals surface area contributed by atoms with Crippen molar-refractivity contribution in [3.8, 4) is 0 Å². The summed E-state index contributed by atoms with van der Waals surface area (Å²) in [5.74, 6) is -1.69. The molecule has 0 fully saturated rings. The number of fused-ring (bicyclic) bond motifs is 1. The summed E-state index contributed by atoms with van der Waals surface area (Å²) < 4.78 is 29.2. The summed E-state index contributed by atoms with van der Waals surface area (Å²) >= 11 is 0. The second kappa shape index (κ2) is 7.41. The van der Waals surface area contributed by atoms with Crippen LogP contribution in [0, 0.1) is 0 Å². The molecule has 2 aromatic heterocycles. The first-order valence-corrected chi connectivity index (χ1v) is 10.5. The van der Waals surface area contributed by atoms with Crippen LogP contribution in [-0.4, -0.2) is 28.4 Å². The van der Waals surface area contributed by atoms with Crippen molar-refractivity contribution in [1.82, 2.24) is 18.8 Å². The first kappa shape index (κ1) is 21.2. The van der Waals surface area contributed by atoms with Gasteiger partial charge in [0, 0.05) is 14.1 Å². The molecule has 1 amide bonds. The van der Waals surface area contributed by atoms with Crippen LogP contribution in [0.3, 0.4) is 0 Å². The molecule has 30 heavy (non-hydrogen) atoms. The van der Waals surface area contributed by atoms with Gasteiger partial charge in [0.2, 0.25) is 0 Å². The van der Waals surface area contributed by atoms with Crippen LogP contribution in [0.25, 0.3) is 11.0 Å². The molecular formula is C19H21N5O5S. The zero-order chi connectivity index (χ0) is 22.4. The zero-order valence-electron chi connectivity index (χ0n) is 16.8. The van der Waals surface area contributed by atoms with E-state index in [1.54, 1.807) is 19.9 Å². The fourth-order valence-corrected chi connectivity index (χ4v) is 4.26. The summed E-state index contributed by atoms with van der Waals surface area (Å²) in [7, 11) is -1.43. The van der Waals surface area contributed by atoms with Crippen molar-refractivity contribution in [2.24, 2.45) is 14.1 Å². The normalized spacial score (nSPS) is 11.8. The summed E-state index contributed by atoms with van der Waals surface area (Å²) in [5, 5.41) is 0.0334. The molecule has 0 aliphatic rings. The van der Waals surface area contributed by atoms with E-state index in [9.17, 15) is 22.8 Å². The van der Waals surface area contributed by atoms with E-state index in [-0.39, 0.29) is 32.9 Å². The van der Waals surface area contributed by atoms with E-state index in [4.69, 9.17) is 5.73 Å². The first-order valence-electron chi connectivity index (χ1n) is 8.98. The summed E-state index contributed by atoms with van der Waals surface area (Å²) in [5.41, 5.74) is 4.77. The number of benzene rings is 1. The molecule has 0 aliphatic heterocycles. The number of pyridine rings is 1. The van der Waals surface area contributed by atoms with Gasteiger partial charge in [0.25, 0.3) is 21.5 Å². The van der Waals surface area contributed by atoms with Gasteiger partial charge in [-0.2, -0.15) is 0 Å². The van der Waals surface area contributed by atoms with Crippen molar-refractivity contribution in [2.45, 2.75) is 24.7 Å². The number of nitrogens with one attached hydrogen (secondary N) is 1. The summed E-state index contributed by atoms with van der Waals surface area (Å²) in [6, 6.07) is 7.37. The van der Waals surface area contributed by atoms with Gasteiger partial charge in [-0.3, -0.25) is 18.7 Å². The Morgan fingerprint density at radius 2 is 1.70 bits per heavy atom. The minimum Gasteiger partial charge on any atom is -0.383 e. The molecule has 0 radical (unpaired) electrons. The zero-order valence-corrected chi connectivity index (χ0v) is 17.6. The van der Waals surface area contributed by atoms with E-state index in [2.05, 4.69) is 4.98 Å². The van der Waals surface area contributed by atoms with E-state index < -0.39 is 33.1 Å². The predicted octanol–water partition coefficient (Wildman–Crippen LogP) is 0.457. The number of nitrogen functional groups attached to an aromatic ring is 1. The van der Waals surface area contributed by atoms with E-state index in [1.165, 1.54) is 38.4 Å². The van der Waals surface area contributed by atoms with Crippen molar-refractivity contribution in [3.63, 3.8) is 0 Å². The minimum absolute atomic E-state index is 0.0202. The Labute approximate surface area is 172 Å². The van der Waals surface area contributed by atoms with Gasteiger partial charge in [0.15, 0.2) is 5.65 Å². The Morgan fingerprint density at radius 3 is 2.27 bits per heavy atom. The number of nitrogens with zero attached hydrogens (tertiary/aromatic N) is 3. The Bertz CT molecular complexity index is 1390. The standard InChI is InChI=1S/C19H21N5O5S/c1-10(2)12-13(17(25)22-30(28,29)11-8-6-5-7-9-11)15(20)21-16-14(12)18(26)24(4)19(27)23(16)3/h5-10H,1-4H3,(H2,20,21)(H,22,25). The lowest BCUT2D eigenvalue weighted by Gasteiger charge is -2.18. The van der Waals surface area contributed by atoms with Crippen molar-refractivity contribution >= 4 is 32.8 Å². The Kier molecular flexibility index (Phi) is 5.25. The molecule has 2 heterocycles. The van der Waals surface area contributed by atoms with Crippen molar-refractivity contribution in [3.05, 3.63) is 62.3 Å². The lowest BCUT2D eigenvalue weighted by atomic mass is 9.94. The average Bonchev–Trinajstić information content (AvgIpc) is 2.69. The topological polar surface area (TPSA) is 146 Å². The summed E-state index contributed by atoms with van der Waals surface area (Å²) in [6.45, 7) is 3.45. The van der Waals surface area contributed by atoms with Gasteiger partial charge in [-0.25, -0.2) is 22.9 Å². The number of anilines is 1. The lowest BCUT2D eigenvalue weighted by Crippen LogP contribution is -2.39. The molecule has 0 saturated carbocycles. The number of aromatic nitrogens is 3. The number of aryl methyl sites for hydroxylation is 1. The molecular weight excluding hydrogens is 410 g/mol. The number of sulfonamides is 1. The molecule has 1 aromatic carbocycles. The van der Waals surface area contributed by atoms with Gasteiger partial charge in [-0.05, 0) is 23.6 Å². The molecule has 3 N–H and O–H groups in total. The van der Waals surface area contributed by atoms with Crippen LogP contribution in [0.1, 0.15) is 35.7 Å². The summed E-state index contributed by atoms with van der Waals surface area (Å²) in [6.07, 6.45) is 0. The van der Waals surface area contributed by atoms with E-state index in [1.807, 2.05) is 4.72 Å². The Morgan fingerprint density at radius 1 is 1.10 bits per heavy atom. The molecule has 3 rings (SSSR count). The number of hydrogen-bond acceptors (Lipinski definition) is 7. The number of rotatable bonds is 4. The van der Waals surface area contributed by atoms with Gasteiger partial charge >= 0.3 is 5.69 Å². The molecule has 0 bridgehead atoms. The average molecular weight is 431 g/mol. The van der Waals surface area contributed by atoms with Crippen LogP contribution >= 0.6 is 0 Å². The molecule has 0 spiro atoms. The molecule has 10 nitrogen and oxygen atoms in total. The maximum absolute atomic E-state index is 13.0. The number of carbonyl (C=O) groups excluding carboxylic acids is 1. The Hall–Kier alpha value is -3.47. The van der Waals surface area contributed by atoms with Gasteiger partial charge in [-0.15, -0.1) is 0 Å². The maximum Gasteiger partial charge on any atom is 0.332 e. The van der Waals surface area contributed by atoms with Crippen LogP contribution in [-0.2, 0) is 24.1 Å². The van der Waals surface area contributed by atoms with Crippen molar-refractivity contribution in [2.75, 3.05) is 5.73 Å². The quantitative estimate of drug-likeness (QED) is 0.610. The van der Waals surface area contributed by atoms with E-state index >= 15 is 0 Å². The molecule has 158 valence electrons. The van der Waals surface area contributed by atoms with Crippen molar-refractivity contribution in [1.29, 1.82) is 0 Å². The molecule has 0 saturated heterocycles. The molecule has 3 aromatic rings. The van der Waals surface area contributed by atoms with Gasteiger partial charge < -0.3 is 5.73 Å². The number of carbonyl (C=O) groups is 1. The number of nitrogens with two attached hydrogens (primary N) is 1. The van der Waals surface area contributed by atoms with Gasteiger partial charge in [-0.1, -0.05) is 32.0 Å². The second-order valence-electron chi connectivity index (χ2n) is 7.09. The predicted molar refractivity (Wildman–Crippen MR) is 112 cm³/mol. The molecule has 0 unspecified atom stereocenters. The van der Waals surface area contributed by atoms with Crippen LogP contribution in [0.5, 0.6) is 0 Å². The van der Waals surface area contributed by atoms with Crippen LogP contribution in [0.2, 0.25) is 0 Å². The molecule has 11 heteroatoms. The lowest BCUT2D eigenvalue weighted by molar-refractivity contribution is 0.0981. The highest BCUT2D eigenvalue weighted by atomic mass is 32.2. The fraction of sp³-hybridized carbons (Fsp3) is 0.263. The minimum atomic E-state index is -4.17. The molecule has 0 atom stereocenters. The smallest absolute Gasteiger partial charge is 0.332 e. The third kappa shape index (κ3) is 3.36. The molecule has 0 aliphatic carbocycles. The fourth-order valence-electron chi connectivity index (χ4n) is 3.28. The highest BCUT2D eigenvalue weighted by molar-refractivity contribution is 7.90. The highest BCUT2D eigenvalue weighted by Gasteiger charge is 2.28. The second-order valence-corrected chi connectivity index (χ2v) is 8.77. The van der Waals surface area contributed by atoms with Crippen molar-refractivity contribution < 1.29 is 13.2 Å². The highest BCUT2D eigenvalue weighted by Crippen LogP contribution is 2.29. The SMILES string of the molecule is CC(C)c1c(C(=O)NS(=O)(=O)c2ccccc2)c(N)nc2c1c(=O)n(C)c(=O)n2C. The van der Waals surface area contributed by atoms with Gasteiger partial charge in [0.1, 0.15) is 5.82 Å². The third-order valence-electron chi connectivity index (χ3n) is 4.74. The van der Waals surface area contributed by atoms with Crippen LogP contribution in [0.4, 0.5) is 5.82 Å². The maximum atomic E-state index is 13.0. The van der Waals surface area contributed by atoms with Crippen LogP contribution in [0.15, 0.2) is 44.8 Å². The monoisotopic (exact) mass is 431 g/mol. The summed E-state index contributed by atoms with van der Waals surface area (Å²) in [4.78, 5) is 42.0. The first-order chi connectivity index (χ1) is 14.0. The Balaban J connectivity index is 2.30.